The van der Waals surface area contributed by atoms with Crippen LogP contribution in [0.5, 0.6) is 0 Å². The molecule has 0 unspecified atom stereocenters. The van der Waals surface area contributed by atoms with Crippen molar-refractivity contribution in [1.29, 1.82) is 0 Å². The maximum atomic E-state index is 10.6. The van der Waals surface area contributed by atoms with Crippen LogP contribution in [0.3, 0.4) is 0 Å². The summed E-state index contributed by atoms with van der Waals surface area (Å²) in [6.45, 7) is 3.79. The largest absolute Gasteiger partial charge is 0.490 e. The van der Waals surface area contributed by atoms with E-state index < -0.39 is 5.97 Å². The lowest BCUT2D eigenvalue weighted by Gasteiger charge is -2.02. The van der Waals surface area contributed by atoms with Gasteiger partial charge in [0.2, 0.25) is 0 Å². The number of carbonyl (C=O) groups excluding carboxylic acids is 1. The summed E-state index contributed by atoms with van der Waals surface area (Å²) >= 11 is 0. The fourth-order valence-corrected chi connectivity index (χ4v) is 0.315. The van der Waals surface area contributed by atoms with E-state index in [-0.39, 0.29) is 12.4 Å². The standard InChI is InChI=1S/C6H11NO3/c1-5(9-2)6(8)10-4-3-7/h1,3-4,7H2,2H3. The Morgan fingerprint density at radius 2 is 2.30 bits per heavy atom. The van der Waals surface area contributed by atoms with Crippen LogP contribution in [-0.4, -0.2) is 26.2 Å². The number of esters is 1. The van der Waals surface area contributed by atoms with Gasteiger partial charge in [-0.1, -0.05) is 0 Å². The van der Waals surface area contributed by atoms with E-state index in [1.54, 1.807) is 0 Å². The fourth-order valence-electron chi connectivity index (χ4n) is 0.315. The summed E-state index contributed by atoms with van der Waals surface area (Å²) in [6, 6.07) is 0. The summed E-state index contributed by atoms with van der Waals surface area (Å²) in [5.74, 6) is -0.568. The average molecular weight is 145 g/mol. The minimum absolute atomic E-state index is 0.00606. The molecular weight excluding hydrogens is 134 g/mol. The van der Waals surface area contributed by atoms with Gasteiger partial charge in [-0.2, -0.15) is 0 Å². The molecule has 0 atom stereocenters. The molecule has 58 valence electrons. The Morgan fingerprint density at radius 1 is 1.70 bits per heavy atom. The second-order valence-corrected chi connectivity index (χ2v) is 1.55. The van der Waals surface area contributed by atoms with Crippen LogP contribution >= 0.6 is 0 Å². The van der Waals surface area contributed by atoms with Gasteiger partial charge in [0.05, 0.1) is 7.11 Å². The van der Waals surface area contributed by atoms with Gasteiger partial charge in [-0.3, -0.25) is 0 Å². The predicted octanol–water partition coefficient (Wildman–Crippen LogP) is -0.352. The summed E-state index contributed by atoms with van der Waals surface area (Å²) in [4.78, 5) is 10.6. The normalized spacial score (nSPS) is 8.60. The first-order chi connectivity index (χ1) is 4.72. The molecule has 2 N–H and O–H groups in total. The summed E-state index contributed by atoms with van der Waals surface area (Å²) in [6.07, 6.45) is 0. The van der Waals surface area contributed by atoms with Crippen LogP contribution in [-0.2, 0) is 14.3 Å². The first kappa shape index (κ1) is 8.97. The molecule has 0 aromatic heterocycles. The minimum atomic E-state index is -0.562. The van der Waals surface area contributed by atoms with E-state index in [2.05, 4.69) is 16.1 Å². The lowest BCUT2D eigenvalue weighted by molar-refractivity contribution is -0.142. The van der Waals surface area contributed by atoms with Crippen LogP contribution in [0, 0.1) is 0 Å². The van der Waals surface area contributed by atoms with Gasteiger partial charge in [0.15, 0.2) is 5.76 Å². The molecule has 0 bridgehead atoms. The molecule has 0 radical (unpaired) electrons. The summed E-state index contributed by atoms with van der Waals surface area (Å²) in [7, 11) is 1.35. The maximum Gasteiger partial charge on any atom is 0.372 e. The van der Waals surface area contributed by atoms with Crippen molar-refractivity contribution < 1.29 is 14.3 Å². The molecular formula is C6H11NO3. The Labute approximate surface area is 59.6 Å². The summed E-state index contributed by atoms with van der Waals surface area (Å²) < 4.78 is 9.05. The molecule has 0 amide bonds. The van der Waals surface area contributed by atoms with E-state index in [1.807, 2.05) is 0 Å². The van der Waals surface area contributed by atoms with Gasteiger partial charge in [-0.25, -0.2) is 4.79 Å². The molecule has 0 fully saturated rings. The Bertz CT molecular complexity index is 133. The van der Waals surface area contributed by atoms with E-state index in [1.165, 1.54) is 7.11 Å². The summed E-state index contributed by atoms with van der Waals surface area (Å²) in [5.41, 5.74) is 5.07. The van der Waals surface area contributed by atoms with Crippen molar-refractivity contribution in [3.05, 3.63) is 12.3 Å². The number of carbonyl (C=O) groups is 1. The van der Waals surface area contributed by atoms with Crippen LogP contribution in [0.2, 0.25) is 0 Å². The first-order valence-electron chi connectivity index (χ1n) is 2.82. The highest BCUT2D eigenvalue weighted by Crippen LogP contribution is 1.92. The molecule has 4 nitrogen and oxygen atoms in total. The molecule has 0 aromatic carbocycles. The molecule has 0 saturated carbocycles. The summed E-state index contributed by atoms with van der Waals surface area (Å²) in [5, 5.41) is 0. The van der Waals surface area contributed by atoms with Crippen molar-refractivity contribution >= 4 is 5.97 Å². The Morgan fingerprint density at radius 3 is 2.70 bits per heavy atom. The maximum absolute atomic E-state index is 10.6. The SMILES string of the molecule is C=C(OC)C(=O)OCCN. The minimum Gasteiger partial charge on any atom is -0.490 e. The highest BCUT2D eigenvalue weighted by Gasteiger charge is 2.05. The van der Waals surface area contributed by atoms with Crippen molar-refractivity contribution in [2.75, 3.05) is 20.3 Å². The molecule has 0 aromatic rings. The van der Waals surface area contributed by atoms with E-state index in [0.29, 0.717) is 6.54 Å². The van der Waals surface area contributed by atoms with Gasteiger partial charge in [-0.05, 0) is 6.58 Å². The lowest BCUT2D eigenvalue weighted by Crippen LogP contribution is -2.15. The number of methoxy groups -OCH3 is 1. The highest BCUT2D eigenvalue weighted by atomic mass is 16.6. The monoisotopic (exact) mass is 145 g/mol. The predicted molar refractivity (Wildman–Crippen MR) is 36.2 cm³/mol. The molecule has 0 aliphatic rings. The molecule has 0 spiro atoms. The van der Waals surface area contributed by atoms with Crippen LogP contribution < -0.4 is 5.73 Å². The third-order valence-electron chi connectivity index (χ3n) is 0.825. The van der Waals surface area contributed by atoms with Gasteiger partial charge in [0.25, 0.3) is 0 Å². The smallest absolute Gasteiger partial charge is 0.372 e. The first-order valence-corrected chi connectivity index (χ1v) is 2.82. The van der Waals surface area contributed by atoms with Gasteiger partial charge in [0, 0.05) is 6.54 Å². The van der Waals surface area contributed by atoms with Crippen molar-refractivity contribution in [3.8, 4) is 0 Å². The second-order valence-electron chi connectivity index (χ2n) is 1.55. The molecule has 0 aliphatic heterocycles. The number of hydrogen-bond donors (Lipinski definition) is 1. The third kappa shape index (κ3) is 3.09. The van der Waals surface area contributed by atoms with E-state index in [9.17, 15) is 4.79 Å². The van der Waals surface area contributed by atoms with E-state index >= 15 is 0 Å². The zero-order valence-corrected chi connectivity index (χ0v) is 5.92. The van der Waals surface area contributed by atoms with Crippen molar-refractivity contribution in [3.63, 3.8) is 0 Å². The zero-order chi connectivity index (χ0) is 7.98. The number of ether oxygens (including phenoxy) is 2. The average Bonchev–Trinajstić information content (AvgIpc) is 1.98. The van der Waals surface area contributed by atoms with Crippen LogP contribution in [0.25, 0.3) is 0 Å². The zero-order valence-electron chi connectivity index (χ0n) is 5.92. The van der Waals surface area contributed by atoms with Crippen molar-refractivity contribution in [2.45, 2.75) is 0 Å². The highest BCUT2D eigenvalue weighted by molar-refractivity contribution is 5.85. The van der Waals surface area contributed by atoms with Crippen molar-refractivity contribution in [1.82, 2.24) is 0 Å². The van der Waals surface area contributed by atoms with Gasteiger partial charge in [0.1, 0.15) is 6.61 Å². The number of rotatable bonds is 4. The molecule has 4 heteroatoms. The fraction of sp³-hybridized carbons (Fsp3) is 0.500. The third-order valence-corrected chi connectivity index (χ3v) is 0.825. The Hall–Kier alpha value is -1.03. The molecule has 0 aliphatic carbocycles. The quantitative estimate of drug-likeness (QED) is 0.333. The lowest BCUT2D eigenvalue weighted by atomic mass is 10.6. The topological polar surface area (TPSA) is 61.5 Å². The Balaban J connectivity index is 3.52. The molecule has 0 heterocycles. The molecule has 0 saturated heterocycles. The Kier molecular flexibility index (Phi) is 4.32. The van der Waals surface area contributed by atoms with E-state index in [0.717, 1.165) is 0 Å². The van der Waals surface area contributed by atoms with Crippen molar-refractivity contribution in [2.24, 2.45) is 5.73 Å². The van der Waals surface area contributed by atoms with Gasteiger partial charge in [-0.15, -0.1) is 0 Å². The number of nitrogens with two attached hydrogens (primary N) is 1. The van der Waals surface area contributed by atoms with Crippen LogP contribution in [0.1, 0.15) is 0 Å². The molecule has 10 heavy (non-hydrogen) atoms. The number of hydrogen-bond acceptors (Lipinski definition) is 4. The van der Waals surface area contributed by atoms with E-state index in [4.69, 9.17) is 5.73 Å². The van der Waals surface area contributed by atoms with Gasteiger partial charge < -0.3 is 15.2 Å². The second kappa shape index (κ2) is 4.81. The van der Waals surface area contributed by atoms with Gasteiger partial charge >= 0.3 is 5.97 Å². The van der Waals surface area contributed by atoms with Crippen LogP contribution in [0.4, 0.5) is 0 Å². The van der Waals surface area contributed by atoms with Crippen LogP contribution in [0.15, 0.2) is 12.3 Å². The molecule has 0 rings (SSSR count).